The Bertz CT molecular complexity index is 628. The van der Waals surface area contributed by atoms with E-state index in [0.29, 0.717) is 0 Å². The number of hydrogen-bond donors (Lipinski definition) is 1. The van der Waals surface area contributed by atoms with Crippen LogP contribution in [0.25, 0.3) is 6.08 Å². The van der Waals surface area contributed by atoms with Gasteiger partial charge in [0, 0.05) is 25.4 Å². The van der Waals surface area contributed by atoms with Gasteiger partial charge in [0.2, 0.25) is 5.91 Å². The van der Waals surface area contributed by atoms with Crippen LogP contribution in [0.2, 0.25) is 0 Å². The quantitative estimate of drug-likeness (QED) is 0.907. The van der Waals surface area contributed by atoms with Gasteiger partial charge in [-0.2, -0.15) is 0 Å². The van der Waals surface area contributed by atoms with Gasteiger partial charge in [0.15, 0.2) is 0 Å². The lowest BCUT2D eigenvalue weighted by atomic mass is 10.2. The number of carbonyl (C=O) groups is 2. The van der Waals surface area contributed by atoms with Gasteiger partial charge in [0.25, 0.3) is 0 Å². The first-order valence-electron chi connectivity index (χ1n) is 8.24. The number of likely N-dealkylation sites (tertiary alicyclic amines) is 1. The molecule has 0 aromatic carbocycles. The summed E-state index contributed by atoms with van der Waals surface area (Å²) in [6.45, 7) is 5.34. The fraction of sp³-hybridized carbons (Fsp3) is 0.500. The van der Waals surface area contributed by atoms with E-state index < -0.39 is 23.9 Å². The third-order valence-electron chi connectivity index (χ3n) is 3.57. The maximum atomic E-state index is 13.7. The molecule has 1 N–H and O–H groups in total. The van der Waals surface area contributed by atoms with Crippen molar-refractivity contribution in [1.82, 2.24) is 15.2 Å². The number of nitrogens with zero attached hydrogens (tertiary/aromatic N) is 2. The van der Waals surface area contributed by atoms with Crippen molar-refractivity contribution in [3.05, 3.63) is 36.2 Å². The van der Waals surface area contributed by atoms with Gasteiger partial charge in [0.05, 0.1) is 6.54 Å². The van der Waals surface area contributed by atoms with E-state index in [1.54, 1.807) is 39.2 Å². The Morgan fingerprint density at radius 1 is 1.48 bits per heavy atom. The highest BCUT2D eigenvalue weighted by atomic mass is 19.1. The first-order chi connectivity index (χ1) is 11.8. The van der Waals surface area contributed by atoms with Crippen LogP contribution in [0, 0.1) is 0 Å². The lowest BCUT2D eigenvalue weighted by Crippen LogP contribution is -2.47. The van der Waals surface area contributed by atoms with Gasteiger partial charge >= 0.3 is 6.09 Å². The molecular weight excluding hydrogens is 325 g/mol. The summed E-state index contributed by atoms with van der Waals surface area (Å²) in [6, 6.07) is 2.86. The van der Waals surface area contributed by atoms with Crippen LogP contribution in [0.5, 0.6) is 0 Å². The van der Waals surface area contributed by atoms with Crippen LogP contribution >= 0.6 is 0 Å². The highest BCUT2D eigenvalue weighted by molar-refractivity contribution is 5.86. The molecule has 2 amide bonds. The fourth-order valence-electron chi connectivity index (χ4n) is 2.50. The van der Waals surface area contributed by atoms with Gasteiger partial charge in [0.1, 0.15) is 17.8 Å². The average molecular weight is 349 g/mol. The Morgan fingerprint density at radius 3 is 2.88 bits per heavy atom. The van der Waals surface area contributed by atoms with Gasteiger partial charge < -0.3 is 10.1 Å². The van der Waals surface area contributed by atoms with Gasteiger partial charge in [-0.05, 0) is 32.4 Å². The van der Waals surface area contributed by atoms with Crippen molar-refractivity contribution in [2.45, 2.75) is 45.0 Å². The van der Waals surface area contributed by atoms with Gasteiger partial charge in [-0.1, -0.05) is 18.2 Å². The van der Waals surface area contributed by atoms with Crippen molar-refractivity contribution < 1.29 is 18.7 Å². The molecule has 0 aliphatic carbocycles. The number of pyridine rings is 1. The molecule has 0 radical (unpaired) electrons. The highest BCUT2D eigenvalue weighted by Gasteiger charge is 2.41. The lowest BCUT2D eigenvalue weighted by Gasteiger charge is -2.27. The van der Waals surface area contributed by atoms with Crippen LogP contribution < -0.4 is 5.32 Å². The maximum absolute atomic E-state index is 13.7. The molecule has 2 rings (SSSR count). The molecule has 0 bridgehead atoms. The number of halogens is 1. The number of carbonyl (C=O) groups excluding carboxylic acids is 2. The Balaban J connectivity index is 1.90. The average Bonchev–Trinajstić information content (AvgIpc) is 2.93. The topological polar surface area (TPSA) is 71.5 Å². The van der Waals surface area contributed by atoms with Crippen molar-refractivity contribution in [3.8, 4) is 0 Å². The Labute approximate surface area is 147 Å². The molecule has 7 heteroatoms. The van der Waals surface area contributed by atoms with Gasteiger partial charge in [-0.15, -0.1) is 0 Å². The predicted octanol–water partition coefficient (Wildman–Crippen LogP) is 2.56. The Kier molecular flexibility index (Phi) is 6.12. The minimum atomic E-state index is -1.23. The SMILES string of the molecule is CC(C)(C)OC(=O)N1C[C@@H](F)C[C@@H]1C(=O)NCC=Cc1cccnc1. The summed E-state index contributed by atoms with van der Waals surface area (Å²) in [5.74, 6) is -0.387. The lowest BCUT2D eigenvalue weighted by molar-refractivity contribution is -0.125. The molecule has 1 aliphatic rings. The van der Waals surface area contributed by atoms with Crippen LogP contribution in [0.1, 0.15) is 32.8 Å². The van der Waals surface area contributed by atoms with E-state index in [1.165, 1.54) is 0 Å². The Hall–Kier alpha value is -2.44. The summed E-state index contributed by atoms with van der Waals surface area (Å²) < 4.78 is 19.0. The standard InChI is InChI=1S/C18H24FN3O3/c1-18(2,3)25-17(24)22-12-14(19)10-15(22)16(23)21-9-5-7-13-6-4-8-20-11-13/h4-8,11,14-15H,9-10,12H2,1-3H3,(H,21,23)/t14-,15+/m0/s1. The Morgan fingerprint density at radius 2 is 2.24 bits per heavy atom. The number of alkyl halides is 1. The van der Waals surface area contributed by atoms with E-state index in [1.807, 2.05) is 18.2 Å². The van der Waals surface area contributed by atoms with Crippen LogP contribution in [0.3, 0.4) is 0 Å². The second kappa shape index (κ2) is 8.09. The number of amides is 2. The second-order valence-corrected chi connectivity index (χ2v) is 6.92. The minimum absolute atomic E-state index is 0.0165. The minimum Gasteiger partial charge on any atom is -0.444 e. The number of ether oxygens (including phenoxy) is 1. The van der Waals surface area contributed by atoms with E-state index in [0.717, 1.165) is 10.5 Å². The molecule has 2 atom stereocenters. The molecule has 1 aliphatic heterocycles. The summed E-state index contributed by atoms with van der Waals surface area (Å²) in [4.78, 5) is 29.6. The summed E-state index contributed by atoms with van der Waals surface area (Å²) in [7, 11) is 0. The van der Waals surface area contributed by atoms with Crippen LogP contribution in [-0.4, -0.2) is 52.8 Å². The molecule has 25 heavy (non-hydrogen) atoms. The molecule has 136 valence electrons. The van der Waals surface area contributed by atoms with Crippen molar-refractivity contribution in [2.75, 3.05) is 13.1 Å². The largest absolute Gasteiger partial charge is 0.444 e. The van der Waals surface area contributed by atoms with Crippen molar-refractivity contribution in [1.29, 1.82) is 0 Å². The van der Waals surface area contributed by atoms with E-state index in [2.05, 4.69) is 10.3 Å². The number of hydrogen-bond acceptors (Lipinski definition) is 4. The normalized spacial score (nSPS) is 20.7. The zero-order valence-corrected chi connectivity index (χ0v) is 14.7. The second-order valence-electron chi connectivity index (χ2n) is 6.92. The number of aromatic nitrogens is 1. The van der Waals surface area contributed by atoms with Crippen LogP contribution in [-0.2, 0) is 9.53 Å². The fourth-order valence-corrected chi connectivity index (χ4v) is 2.50. The molecule has 1 aromatic rings. The summed E-state index contributed by atoms with van der Waals surface area (Å²) >= 11 is 0. The molecule has 1 saturated heterocycles. The zero-order valence-electron chi connectivity index (χ0n) is 14.7. The zero-order chi connectivity index (χ0) is 18.4. The number of rotatable bonds is 4. The van der Waals surface area contributed by atoms with Crippen molar-refractivity contribution >= 4 is 18.1 Å². The molecule has 0 saturated carbocycles. The summed E-state index contributed by atoms with van der Waals surface area (Å²) in [5, 5.41) is 2.70. The molecular formula is C18H24FN3O3. The van der Waals surface area contributed by atoms with Crippen molar-refractivity contribution in [3.63, 3.8) is 0 Å². The van der Waals surface area contributed by atoms with Crippen LogP contribution in [0.15, 0.2) is 30.6 Å². The molecule has 1 aromatic heterocycles. The predicted molar refractivity (Wildman–Crippen MR) is 92.5 cm³/mol. The van der Waals surface area contributed by atoms with Crippen LogP contribution in [0.4, 0.5) is 9.18 Å². The summed E-state index contributed by atoms with van der Waals surface area (Å²) in [6.07, 6.45) is 5.07. The molecule has 6 nitrogen and oxygen atoms in total. The number of nitrogens with one attached hydrogen (secondary N) is 1. The smallest absolute Gasteiger partial charge is 0.411 e. The summed E-state index contributed by atoms with van der Waals surface area (Å²) in [5.41, 5.74) is 0.218. The van der Waals surface area contributed by atoms with E-state index in [-0.39, 0.29) is 25.4 Å². The third kappa shape index (κ3) is 5.85. The van der Waals surface area contributed by atoms with Gasteiger partial charge in [-0.3, -0.25) is 14.7 Å². The maximum Gasteiger partial charge on any atom is 0.411 e. The molecule has 1 fully saturated rings. The molecule has 2 heterocycles. The van der Waals surface area contributed by atoms with E-state index in [9.17, 15) is 14.0 Å². The van der Waals surface area contributed by atoms with Gasteiger partial charge in [-0.25, -0.2) is 9.18 Å². The first kappa shape index (κ1) is 18.9. The monoisotopic (exact) mass is 349 g/mol. The van der Waals surface area contributed by atoms with Crippen molar-refractivity contribution in [2.24, 2.45) is 0 Å². The van der Waals surface area contributed by atoms with E-state index in [4.69, 9.17) is 4.74 Å². The third-order valence-corrected chi connectivity index (χ3v) is 3.57. The molecule has 0 unspecified atom stereocenters. The van der Waals surface area contributed by atoms with E-state index >= 15 is 0 Å². The highest BCUT2D eigenvalue weighted by Crippen LogP contribution is 2.23. The first-order valence-corrected chi connectivity index (χ1v) is 8.24. The molecule has 0 spiro atoms.